The molecule has 1 aromatic heterocycles. The van der Waals surface area contributed by atoms with Gasteiger partial charge >= 0.3 is 0 Å². The highest BCUT2D eigenvalue weighted by Gasteiger charge is 2.22. The number of hydrogen-bond donors (Lipinski definition) is 1. The topological polar surface area (TPSA) is 51.0 Å². The molecule has 0 radical (unpaired) electrons. The van der Waals surface area contributed by atoms with Crippen LogP contribution in [0, 0.1) is 5.82 Å². The van der Waals surface area contributed by atoms with Crippen molar-refractivity contribution in [2.24, 2.45) is 0 Å². The van der Waals surface area contributed by atoms with Gasteiger partial charge in [-0.25, -0.2) is 4.39 Å². The number of halogens is 2. The second-order valence-electron chi connectivity index (χ2n) is 4.62. The molecule has 1 aliphatic rings. The molecule has 100 valence electrons. The first-order chi connectivity index (χ1) is 9.24. The minimum Gasteiger partial charge on any atom is -0.339 e. The van der Waals surface area contributed by atoms with Crippen LogP contribution in [-0.2, 0) is 0 Å². The third-order valence-corrected chi connectivity index (χ3v) is 3.95. The zero-order valence-electron chi connectivity index (χ0n) is 10.2. The van der Waals surface area contributed by atoms with Gasteiger partial charge in [0.15, 0.2) is 0 Å². The Labute approximate surface area is 118 Å². The van der Waals surface area contributed by atoms with Gasteiger partial charge in [-0.15, -0.1) is 0 Å². The lowest BCUT2D eigenvalue weighted by atomic mass is 10.00. The van der Waals surface area contributed by atoms with E-state index in [2.05, 4.69) is 31.4 Å². The number of piperidine rings is 1. The van der Waals surface area contributed by atoms with Crippen LogP contribution < -0.4 is 5.32 Å². The first-order valence-electron chi connectivity index (χ1n) is 6.24. The van der Waals surface area contributed by atoms with Crippen LogP contribution in [0.2, 0.25) is 0 Å². The third kappa shape index (κ3) is 2.69. The van der Waals surface area contributed by atoms with E-state index in [9.17, 15) is 4.39 Å². The largest absolute Gasteiger partial charge is 0.339 e. The maximum atomic E-state index is 13.3. The van der Waals surface area contributed by atoms with Crippen molar-refractivity contribution in [3.63, 3.8) is 0 Å². The van der Waals surface area contributed by atoms with E-state index in [0.717, 1.165) is 30.4 Å². The molecule has 1 aromatic carbocycles. The van der Waals surface area contributed by atoms with Gasteiger partial charge in [-0.05, 0) is 37.6 Å². The summed E-state index contributed by atoms with van der Waals surface area (Å²) in [5.74, 6) is 0.983. The number of nitrogens with one attached hydrogen (secondary N) is 1. The van der Waals surface area contributed by atoms with E-state index in [4.69, 9.17) is 4.52 Å². The van der Waals surface area contributed by atoms with E-state index in [1.165, 1.54) is 12.1 Å². The second-order valence-corrected chi connectivity index (χ2v) is 5.48. The third-order valence-electron chi connectivity index (χ3n) is 3.26. The minimum absolute atomic E-state index is 0.252. The standard InChI is InChI=1S/C13H13BrFN3O/c14-11-4-3-9(15)6-10(11)12-17-13(19-18-12)8-2-1-5-16-7-8/h3-4,6,8,16H,1-2,5,7H2/t8-/m1/s1. The van der Waals surface area contributed by atoms with E-state index in [1.807, 2.05) is 0 Å². The van der Waals surface area contributed by atoms with Gasteiger partial charge in [-0.3, -0.25) is 0 Å². The van der Waals surface area contributed by atoms with Crippen molar-refractivity contribution < 1.29 is 8.91 Å². The monoisotopic (exact) mass is 325 g/mol. The molecule has 0 saturated carbocycles. The summed E-state index contributed by atoms with van der Waals surface area (Å²) >= 11 is 3.37. The van der Waals surface area contributed by atoms with Crippen LogP contribution in [0.5, 0.6) is 0 Å². The Bertz CT molecular complexity index is 581. The smallest absolute Gasteiger partial charge is 0.231 e. The van der Waals surface area contributed by atoms with E-state index < -0.39 is 0 Å². The lowest BCUT2D eigenvalue weighted by Gasteiger charge is -2.18. The molecule has 2 heterocycles. The van der Waals surface area contributed by atoms with Crippen LogP contribution in [0.1, 0.15) is 24.7 Å². The van der Waals surface area contributed by atoms with Crippen molar-refractivity contribution in [3.8, 4) is 11.4 Å². The van der Waals surface area contributed by atoms with E-state index in [-0.39, 0.29) is 11.7 Å². The summed E-state index contributed by atoms with van der Waals surface area (Å²) in [7, 11) is 0. The van der Waals surface area contributed by atoms with Gasteiger partial charge in [0.05, 0.1) is 5.92 Å². The fourth-order valence-corrected chi connectivity index (χ4v) is 2.67. The van der Waals surface area contributed by atoms with Crippen molar-refractivity contribution in [2.45, 2.75) is 18.8 Å². The van der Waals surface area contributed by atoms with Gasteiger partial charge in [0, 0.05) is 16.6 Å². The molecule has 0 unspecified atom stereocenters. The van der Waals surface area contributed by atoms with Crippen LogP contribution in [0.3, 0.4) is 0 Å². The molecule has 6 heteroatoms. The second kappa shape index (κ2) is 5.38. The quantitative estimate of drug-likeness (QED) is 0.921. The zero-order chi connectivity index (χ0) is 13.2. The van der Waals surface area contributed by atoms with Crippen molar-refractivity contribution in [1.82, 2.24) is 15.5 Å². The molecule has 1 N–H and O–H groups in total. The summed E-state index contributed by atoms with van der Waals surface area (Å²) in [4.78, 5) is 4.39. The molecule has 19 heavy (non-hydrogen) atoms. The van der Waals surface area contributed by atoms with Crippen molar-refractivity contribution in [1.29, 1.82) is 0 Å². The molecule has 4 nitrogen and oxygen atoms in total. The predicted molar refractivity (Wildman–Crippen MR) is 72.2 cm³/mol. The Hall–Kier alpha value is -1.27. The normalized spacial score (nSPS) is 19.6. The van der Waals surface area contributed by atoms with Crippen molar-refractivity contribution >= 4 is 15.9 Å². The summed E-state index contributed by atoms with van der Waals surface area (Å²) in [6.45, 7) is 1.89. The summed E-state index contributed by atoms with van der Waals surface area (Å²) in [5, 5.41) is 7.26. The molecule has 0 aliphatic carbocycles. The Balaban J connectivity index is 1.89. The molecule has 0 bridgehead atoms. The number of rotatable bonds is 2. The van der Waals surface area contributed by atoms with Gasteiger partial charge in [0.2, 0.25) is 11.7 Å². The summed E-state index contributed by atoms with van der Waals surface area (Å²) in [6.07, 6.45) is 2.14. The lowest BCUT2D eigenvalue weighted by molar-refractivity contribution is 0.322. The molecule has 0 spiro atoms. The number of benzene rings is 1. The zero-order valence-corrected chi connectivity index (χ0v) is 11.8. The van der Waals surface area contributed by atoms with Gasteiger partial charge in [0.1, 0.15) is 5.82 Å². The minimum atomic E-state index is -0.316. The first-order valence-corrected chi connectivity index (χ1v) is 7.03. The molecule has 1 atom stereocenters. The van der Waals surface area contributed by atoms with Crippen molar-refractivity contribution in [2.75, 3.05) is 13.1 Å². The Kier molecular flexibility index (Phi) is 3.61. The lowest BCUT2D eigenvalue weighted by Crippen LogP contribution is -2.28. The fourth-order valence-electron chi connectivity index (χ4n) is 2.24. The molecule has 1 saturated heterocycles. The predicted octanol–water partition coefficient (Wildman–Crippen LogP) is 3.11. The van der Waals surface area contributed by atoms with E-state index >= 15 is 0 Å². The van der Waals surface area contributed by atoms with Gasteiger partial charge < -0.3 is 9.84 Å². The maximum absolute atomic E-state index is 13.3. The molecule has 1 fully saturated rings. The fraction of sp³-hybridized carbons (Fsp3) is 0.385. The summed E-state index contributed by atoms with van der Waals surface area (Å²) in [5.41, 5.74) is 0.610. The molecular formula is C13H13BrFN3O. The molecule has 0 amide bonds. The van der Waals surface area contributed by atoms with Crippen molar-refractivity contribution in [3.05, 3.63) is 34.4 Å². The Morgan fingerprint density at radius 2 is 2.32 bits per heavy atom. The molecule has 1 aliphatic heterocycles. The van der Waals surface area contributed by atoms with Gasteiger partial charge in [-0.2, -0.15) is 4.98 Å². The Morgan fingerprint density at radius 3 is 3.11 bits per heavy atom. The van der Waals surface area contributed by atoms with Crippen LogP contribution >= 0.6 is 15.9 Å². The average molecular weight is 326 g/mol. The van der Waals surface area contributed by atoms with Crippen LogP contribution in [0.25, 0.3) is 11.4 Å². The maximum Gasteiger partial charge on any atom is 0.231 e. The number of hydrogen-bond acceptors (Lipinski definition) is 4. The molecular weight excluding hydrogens is 313 g/mol. The number of aromatic nitrogens is 2. The van der Waals surface area contributed by atoms with Crippen LogP contribution in [-0.4, -0.2) is 23.2 Å². The molecule has 2 aromatic rings. The number of nitrogens with zero attached hydrogens (tertiary/aromatic N) is 2. The highest BCUT2D eigenvalue weighted by Crippen LogP contribution is 2.29. The molecule has 3 rings (SSSR count). The average Bonchev–Trinajstić information content (AvgIpc) is 2.92. The first kappa shape index (κ1) is 12.7. The summed E-state index contributed by atoms with van der Waals surface area (Å²) < 4.78 is 19.3. The summed E-state index contributed by atoms with van der Waals surface area (Å²) in [6, 6.07) is 4.43. The van der Waals surface area contributed by atoms with E-state index in [1.54, 1.807) is 6.07 Å². The van der Waals surface area contributed by atoms with Gasteiger partial charge in [-0.1, -0.05) is 21.1 Å². The van der Waals surface area contributed by atoms with Crippen LogP contribution in [0.15, 0.2) is 27.2 Å². The highest BCUT2D eigenvalue weighted by molar-refractivity contribution is 9.10. The SMILES string of the molecule is Fc1ccc(Br)c(-c2noc([C@@H]3CCCNC3)n2)c1. The van der Waals surface area contributed by atoms with E-state index in [0.29, 0.717) is 17.3 Å². The van der Waals surface area contributed by atoms with Crippen LogP contribution in [0.4, 0.5) is 4.39 Å². The highest BCUT2D eigenvalue weighted by atomic mass is 79.9. The Morgan fingerprint density at radius 1 is 1.42 bits per heavy atom. The van der Waals surface area contributed by atoms with Gasteiger partial charge in [0.25, 0.3) is 0 Å².